The number of nitrogens with zero attached hydrogens (tertiary/aromatic N) is 2. The molecule has 2 aromatic rings. The van der Waals surface area contributed by atoms with Crippen molar-refractivity contribution in [2.45, 2.75) is 24.3 Å². The van der Waals surface area contributed by atoms with Gasteiger partial charge in [0.1, 0.15) is 5.75 Å². The standard InChI is InChI=1S/C23H23BrN2O5S/c1-25-22(27)20-12-7-17(13-21(20)23(25)28)26(14-15-3-8-18(31-2)9-4-15)32(29,30)19-10-5-16(24)6-11-19/h3-11,20-21H,12-14H2,1-2H3. The van der Waals surface area contributed by atoms with Gasteiger partial charge < -0.3 is 4.74 Å². The average Bonchev–Trinajstić information content (AvgIpc) is 3.01. The molecule has 2 unspecified atom stereocenters. The maximum atomic E-state index is 13.7. The number of hydrogen-bond acceptors (Lipinski definition) is 5. The lowest BCUT2D eigenvalue weighted by molar-refractivity contribution is -0.138. The number of imide groups is 1. The average molecular weight is 519 g/mol. The SMILES string of the molecule is COc1ccc(CN(C2=CCC3C(=O)N(C)C(=O)C3C2)S(=O)(=O)c2ccc(Br)cc2)cc1. The minimum absolute atomic E-state index is 0.101. The third-order valence-electron chi connectivity index (χ3n) is 6.02. The summed E-state index contributed by atoms with van der Waals surface area (Å²) in [6.45, 7) is 0.101. The van der Waals surface area contributed by atoms with Crippen LogP contribution in [-0.4, -0.2) is 43.6 Å². The van der Waals surface area contributed by atoms with Crippen LogP contribution in [0.3, 0.4) is 0 Å². The van der Waals surface area contributed by atoms with Crippen LogP contribution >= 0.6 is 15.9 Å². The quantitative estimate of drug-likeness (QED) is 0.546. The number of amides is 2. The molecule has 168 valence electrons. The first-order valence-corrected chi connectivity index (χ1v) is 12.4. The van der Waals surface area contributed by atoms with Gasteiger partial charge in [-0.25, -0.2) is 8.42 Å². The molecule has 2 atom stereocenters. The van der Waals surface area contributed by atoms with Crippen molar-refractivity contribution < 1.29 is 22.7 Å². The van der Waals surface area contributed by atoms with Gasteiger partial charge in [-0.2, -0.15) is 0 Å². The van der Waals surface area contributed by atoms with Crippen LogP contribution in [0.5, 0.6) is 5.75 Å². The van der Waals surface area contributed by atoms with Crippen LogP contribution in [0.1, 0.15) is 18.4 Å². The Morgan fingerprint density at radius 1 is 1.03 bits per heavy atom. The topological polar surface area (TPSA) is 84.0 Å². The van der Waals surface area contributed by atoms with E-state index < -0.39 is 21.9 Å². The fourth-order valence-electron chi connectivity index (χ4n) is 4.19. The molecule has 2 amide bonds. The first-order chi connectivity index (χ1) is 15.2. The van der Waals surface area contributed by atoms with Gasteiger partial charge in [0.05, 0.1) is 30.4 Å². The second-order valence-corrected chi connectivity index (χ2v) is 10.7. The third kappa shape index (κ3) is 4.06. The number of carbonyl (C=O) groups excluding carboxylic acids is 2. The lowest BCUT2D eigenvalue weighted by Crippen LogP contribution is -2.34. The predicted molar refractivity (Wildman–Crippen MR) is 122 cm³/mol. The van der Waals surface area contributed by atoms with Crippen molar-refractivity contribution in [2.24, 2.45) is 11.8 Å². The van der Waals surface area contributed by atoms with Crippen molar-refractivity contribution in [2.75, 3.05) is 14.2 Å². The van der Waals surface area contributed by atoms with Crippen molar-refractivity contribution in [1.82, 2.24) is 9.21 Å². The molecular weight excluding hydrogens is 496 g/mol. The molecule has 1 aliphatic carbocycles. The number of hydrogen-bond donors (Lipinski definition) is 0. The summed E-state index contributed by atoms with van der Waals surface area (Å²) in [5, 5.41) is 0. The molecule has 0 spiro atoms. The van der Waals surface area contributed by atoms with Crippen LogP contribution in [0.2, 0.25) is 0 Å². The number of fused-ring (bicyclic) bond motifs is 1. The highest BCUT2D eigenvalue weighted by molar-refractivity contribution is 9.10. The highest BCUT2D eigenvalue weighted by Crippen LogP contribution is 2.40. The van der Waals surface area contributed by atoms with Gasteiger partial charge in [0.2, 0.25) is 11.8 Å². The largest absolute Gasteiger partial charge is 0.497 e. The predicted octanol–water partition coefficient (Wildman–Crippen LogP) is 3.56. The molecule has 9 heteroatoms. The minimum Gasteiger partial charge on any atom is -0.497 e. The van der Waals surface area contributed by atoms with Crippen LogP contribution in [0.4, 0.5) is 0 Å². The number of rotatable bonds is 6. The maximum absolute atomic E-state index is 13.7. The van der Waals surface area contributed by atoms with E-state index in [0.29, 0.717) is 17.9 Å². The van der Waals surface area contributed by atoms with E-state index in [4.69, 9.17) is 4.74 Å². The number of likely N-dealkylation sites (tertiary alicyclic amines) is 1. The summed E-state index contributed by atoms with van der Waals surface area (Å²) in [6.07, 6.45) is 2.32. The maximum Gasteiger partial charge on any atom is 0.264 e. The lowest BCUT2D eigenvalue weighted by atomic mass is 9.83. The molecule has 0 saturated carbocycles. The van der Waals surface area contributed by atoms with Gasteiger partial charge in [-0.15, -0.1) is 0 Å². The van der Waals surface area contributed by atoms with E-state index in [1.54, 1.807) is 49.6 Å². The van der Waals surface area contributed by atoms with Crippen LogP contribution in [0.25, 0.3) is 0 Å². The number of benzene rings is 2. The zero-order valence-electron chi connectivity index (χ0n) is 17.7. The van der Waals surface area contributed by atoms with Gasteiger partial charge in [-0.05, 0) is 48.4 Å². The summed E-state index contributed by atoms with van der Waals surface area (Å²) in [6, 6.07) is 13.6. The fraction of sp³-hybridized carbons (Fsp3) is 0.304. The lowest BCUT2D eigenvalue weighted by Gasteiger charge is -2.32. The van der Waals surface area contributed by atoms with Crippen LogP contribution in [0, 0.1) is 11.8 Å². The smallest absolute Gasteiger partial charge is 0.264 e. The Morgan fingerprint density at radius 2 is 1.66 bits per heavy atom. The van der Waals surface area contributed by atoms with E-state index in [1.165, 1.54) is 11.4 Å². The minimum atomic E-state index is -3.90. The molecule has 1 heterocycles. The highest BCUT2D eigenvalue weighted by Gasteiger charge is 2.48. The molecule has 0 radical (unpaired) electrons. The summed E-state index contributed by atoms with van der Waals surface area (Å²) in [5.74, 6) is -0.738. The Morgan fingerprint density at radius 3 is 2.28 bits per heavy atom. The molecular formula is C23H23BrN2O5S. The molecule has 32 heavy (non-hydrogen) atoms. The van der Waals surface area contributed by atoms with E-state index in [9.17, 15) is 18.0 Å². The van der Waals surface area contributed by atoms with Crippen molar-refractivity contribution in [3.63, 3.8) is 0 Å². The Bertz CT molecular complexity index is 1180. The molecule has 2 aromatic carbocycles. The van der Waals surface area contributed by atoms with Crippen molar-refractivity contribution >= 4 is 37.8 Å². The molecule has 0 N–H and O–H groups in total. The van der Waals surface area contributed by atoms with Gasteiger partial charge in [0, 0.05) is 23.6 Å². The molecule has 0 aromatic heterocycles. The van der Waals surface area contributed by atoms with Gasteiger partial charge >= 0.3 is 0 Å². The molecule has 1 fully saturated rings. The first kappa shape index (κ1) is 22.5. The number of carbonyl (C=O) groups is 2. The number of allylic oxidation sites excluding steroid dienone is 2. The summed E-state index contributed by atoms with van der Waals surface area (Å²) in [5.41, 5.74) is 1.31. The van der Waals surface area contributed by atoms with Crippen molar-refractivity contribution in [3.05, 3.63) is 70.3 Å². The normalized spacial score (nSPS) is 20.7. The van der Waals surface area contributed by atoms with Gasteiger partial charge in [-0.3, -0.25) is 18.8 Å². The molecule has 0 bridgehead atoms. The van der Waals surface area contributed by atoms with Gasteiger partial charge in [0.15, 0.2) is 0 Å². The van der Waals surface area contributed by atoms with E-state index in [1.807, 2.05) is 12.1 Å². The summed E-state index contributed by atoms with van der Waals surface area (Å²) in [7, 11) is -0.850. The fourth-order valence-corrected chi connectivity index (χ4v) is 5.97. The third-order valence-corrected chi connectivity index (χ3v) is 8.37. The Balaban J connectivity index is 1.72. The zero-order valence-corrected chi connectivity index (χ0v) is 20.1. The van der Waals surface area contributed by atoms with E-state index in [0.717, 1.165) is 14.9 Å². The Labute approximate surface area is 195 Å². The molecule has 1 saturated heterocycles. The van der Waals surface area contributed by atoms with E-state index in [2.05, 4.69) is 15.9 Å². The van der Waals surface area contributed by atoms with E-state index in [-0.39, 0.29) is 29.7 Å². The van der Waals surface area contributed by atoms with E-state index >= 15 is 0 Å². The molecule has 2 aliphatic rings. The van der Waals surface area contributed by atoms with Crippen LogP contribution in [0.15, 0.2) is 69.7 Å². The van der Waals surface area contributed by atoms with Crippen LogP contribution in [-0.2, 0) is 26.2 Å². The molecule has 7 nitrogen and oxygen atoms in total. The van der Waals surface area contributed by atoms with Crippen molar-refractivity contribution in [1.29, 1.82) is 0 Å². The molecule has 1 aliphatic heterocycles. The summed E-state index contributed by atoms with van der Waals surface area (Å²) >= 11 is 3.34. The Hall–Kier alpha value is -2.65. The second kappa shape index (κ2) is 8.71. The van der Waals surface area contributed by atoms with Crippen LogP contribution < -0.4 is 4.74 Å². The number of sulfonamides is 1. The van der Waals surface area contributed by atoms with Gasteiger partial charge in [0.25, 0.3) is 10.0 Å². The number of methoxy groups -OCH3 is 1. The monoisotopic (exact) mass is 518 g/mol. The Kier molecular flexibility index (Phi) is 6.13. The first-order valence-electron chi connectivity index (χ1n) is 10.1. The molecule has 4 rings (SSSR count). The number of ether oxygens (including phenoxy) is 1. The number of halogens is 1. The highest BCUT2D eigenvalue weighted by atomic mass is 79.9. The zero-order chi connectivity index (χ0) is 23.0. The summed E-state index contributed by atoms with van der Waals surface area (Å²) in [4.78, 5) is 26.3. The van der Waals surface area contributed by atoms with Gasteiger partial charge in [-0.1, -0.05) is 34.1 Å². The van der Waals surface area contributed by atoms with Crippen molar-refractivity contribution in [3.8, 4) is 5.75 Å². The summed E-state index contributed by atoms with van der Waals surface area (Å²) < 4.78 is 34.6. The second-order valence-electron chi connectivity index (χ2n) is 7.90.